The van der Waals surface area contributed by atoms with Gasteiger partial charge in [-0.05, 0) is 35.0 Å². The Hall–Kier alpha value is -3.60. The van der Waals surface area contributed by atoms with Gasteiger partial charge < -0.3 is 10.1 Å². The SMILES string of the molecule is O=C(c1cnc(-c2cc[n+]([O-])cc2)cn1)N1CCN(S(=O)(=O)c2ccc3cc(Cl)ccc3c2)CC1. The lowest BCUT2D eigenvalue weighted by Gasteiger charge is -2.33. The van der Waals surface area contributed by atoms with Crippen LogP contribution in [0.3, 0.4) is 0 Å². The Balaban J connectivity index is 1.26. The van der Waals surface area contributed by atoms with Crippen LogP contribution in [-0.4, -0.2) is 59.7 Å². The summed E-state index contributed by atoms with van der Waals surface area (Å²) in [4.78, 5) is 23.2. The van der Waals surface area contributed by atoms with E-state index in [0.29, 0.717) is 21.0 Å². The van der Waals surface area contributed by atoms with E-state index < -0.39 is 10.0 Å². The third kappa shape index (κ3) is 4.68. The summed E-state index contributed by atoms with van der Waals surface area (Å²) in [5.41, 5.74) is 1.42. The summed E-state index contributed by atoms with van der Waals surface area (Å²) >= 11 is 6.02. The Morgan fingerprint density at radius 2 is 1.60 bits per heavy atom. The van der Waals surface area contributed by atoms with Crippen molar-refractivity contribution in [3.63, 3.8) is 0 Å². The lowest BCUT2D eigenvalue weighted by atomic mass is 10.1. The maximum atomic E-state index is 13.2. The van der Waals surface area contributed by atoms with E-state index in [-0.39, 0.29) is 42.7 Å². The second kappa shape index (κ2) is 9.21. The van der Waals surface area contributed by atoms with E-state index in [2.05, 4.69) is 9.97 Å². The summed E-state index contributed by atoms with van der Waals surface area (Å²) in [5.74, 6) is -0.311. The van der Waals surface area contributed by atoms with Crippen molar-refractivity contribution in [1.29, 1.82) is 0 Å². The van der Waals surface area contributed by atoms with Crippen molar-refractivity contribution in [3.05, 3.63) is 89.2 Å². The molecule has 0 atom stereocenters. The number of fused-ring (bicyclic) bond motifs is 1. The molecule has 1 aliphatic heterocycles. The van der Waals surface area contributed by atoms with E-state index in [1.54, 1.807) is 53.4 Å². The predicted molar refractivity (Wildman–Crippen MR) is 130 cm³/mol. The zero-order valence-electron chi connectivity index (χ0n) is 18.4. The molecule has 5 rings (SSSR count). The topological polar surface area (TPSA) is 110 Å². The lowest BCUT2D eigenvalue weighted by molar-refractivity contribution is -0.605. The number of benzene rings is 2. The number of carbonyl (C=O) groups is 1. The molecule has 9 nitrogen and oxygen atoms in total. The predicted octanol–water partition coefficient (Wildman–Crippen LogP) is 2.73. The van der Waals surface area contributed by atoms with Gasteiger partial charge in [0.15, 0.2) is 12.4 Å². The number of nitrogens with zero attached hydrogens (tertiary/aromatic N) is 5. The van der Waals surface area contributed by atoms with Crippen LogP contribution in [0.5, 0.6) is 0 Å². The van der Waals surface area contributed by atoms with E-state index >= 15 is 0 Å². The van der Waals surface area contributed by atoms with Gasteiger partial charge in [-0.25, -0.2) is 13.4 Å². The van der Waals surface area contributed by atoms with Crippen molar-refractivity contribution in [1.82, 2.24) is 19.2 Å². The monoisotopic (exact) mass is 509 g/mol. The highest BCUT2D eigenvalue weighted by atomic mass is 35.5. The number of piperazine rings is 1. The number of carbonyl (C=O) groups excluding carboxylic acids is 1. The summed E-state index contributed by atoms with van der Waals surface area (Å²) in [6, 6.07) is 13.5. The molecular weight excluding hydrogens is 490 g/mol. The highest BCUT2D eigenvalue weighted by molar-refractivity contribution is 7.89. The fourth-order valence-corrected chi connectivity index (χ4v) is 5.61. The van der Waals surface area contributed by atoms with Gasteiger partial charge in [0.25, 0.3) is 5.91 Å². The molecule has 0 aliphatic carbocycles. The summed E-state index contributed by atoms with van der Waals surface area (Å²) < 4.78 is 28.4. The van der Waals surface area contributed by atoms with Crippen molar-refractivity contribution in [2.45, 2.75) is 4.90 Å². The number of halogens is 1. The highest BCUT2D eigenvalue weighted by Crippen LogP contribution is 2.25. The molecule has 4 aromatic rings. The Morgan fingerprint density at radius 1 is 0.914 bits per heavy atom. The van der Waals surface area contributed by atoms with Crippen molar-refractivity contribution < 1.29 is 17.9 Å². The minimum Gasteiger partial charge on any atom is -0.619 e. The Labute approximate surface area is 206 Å². The molecule has 1 fully saturated rings. The molecule has 11 heteroatoms. The highest BCUT2D eigenvalue weighted by Gasteiger charge is 2.31. The maximum absolute atomic E-state index is 13.2. The first-order chi connectivity index (χ1) is 16.8. The lowest BCUT2D eigenvalue weighted by Crippen LogP contribution is -2.50. The molecule has 0 bridgehead atoms. The van der Waals surface area contributed by atoms with Gasteiger partial charge in [-0.2, -0.15) is 9.04 Å². The molecule has 3 heterocycles. The number of amides is 1. The number of aromatic nitrogens is 3. The molecule has 1 saturated heterocycles. The largest absolute Gasteiger partial charge is 0.619 e. The molecular formula is C24H20ClN5O4S. The Morgan fingerprint density at radius 3 is 2.29 bits per heavy atom. The average molecular weight is 510 g/mol. The minimum absolute atomic E-state index is 0.174. The van der Waals surface area contributed by atoms with E-state index in [1.165, 1.54) is 29.1 Å². The summed E-state index contributed by atoms with van der Waals surface area (Å²) in [5, 5.41) is 13.4. The first-order valence-corrected chi connectivity index (χ1v) is 12.6. The van der Waals surface area contributed by atoms with Crippen molar-refractivity contribution in [3.8, 4) is 11.3 Å². The second-order valence-electron chi connectivity index (χ2n) is 8.08. The smallest absolute Gasteiger partial charge is 0.274 e. The first-order valence-electron chi connectivity index (χ1n) is 10.8. The Bertz CT molecular complexity index is 1500. The van der Waals surface area contributed by atoms with Crippen LogP contribution in [0.4, 0.5) is 0 Å². The van der Waals surface area contributed by atoms with E-state index in [0.717, 1.165) is 10.8 Å². The zero-order valence-corrected chi connectivity index (χ0v) is 20.0. The van der Waals surface area contributed by atoms with Crippen LogP contribution in [-0.2, 0) is 10.0 Å². The third-order valence-electron chi connectivity index (χ3n) is 5.91. The molecule has 1 amide bonds. The number of pyridine rings is 1. The molecule has 0 N–H and O–H groups in total. The van der Waals surface area contributed by atoms with E-state index in [1.807, 2.05) is 0 Å². The summed E-state index contributed by atoms with van der Waals surface area (Å²) in [6.45, 7) is 0.842. The third-order valence-corrected chi connectivity index (χ3v) is 8.04. The second-order valence-corrected chi connectivity index (χ2v) is 10.5. The first kappa shape index (κ1) is 23.2. The van der Waals surface area contributed by atoms with Crippen molar-refractivity contribution in [2.75, 3.05) is 26.2 Å². The average Bonchev–Trinajstić information content (AvgIpc) is 2.88. The quantitative estimate of drug-likeness (QED) is 0.309. The van der Waals surface area contributed by atoms with Gasteiger partial charge in [-0.3, -0.25) is 9.78 Å². The fraction of sp³-hybridized carbons (Fsp3) is 0.167. The van der Waals surface area contributed by atoms with Crippen LogP contribution < -0.4 is 4.73 Å². The van der Waals surface area contributed by atoms with E-state index in [4.69, 9.17) is 11.6 Å². The van der Waals surface area contributed by atoms with Gasteiger partial charge in [0.1, 0.15) is 5.69 Å². The zero-order chi connectivity index (χ0) is 24.6. The van der Waals surface area contributed by atoms with Gasteiger partial charge in [-0.1, -0.05) is 23.7 Å². The van der Waals surface area contributed by atoms with Gasteiger partial charge in [0, 0.05) is 48.9 Å². The van der Waals surface area contributed by atoms with Crippen molar-refractivity contribution in [2.24, 2.45) is 0 Å². The molecule has 0 saturated carbocycles. The van der Waals surface area contributed by atoms with Crippen LogP contribution in [0.15, 0.2) is 78.2 Å². The van der Waals surface area contributed by atoms with Gasteiger partial charge in [0.05, 0.1) is 23.0 Å². The molecule has 35 heavy (non-hydrogen) atoms. The van der Waals surface area contributed by atoms with Crippen LogP contribution in [0.25, 0.3) is 22.0 Å². The summed E-state index contributed by atoms with van der Waals surface area (Å²) in [7, 11) is -3.71. The number of sulfonamides is 1. The fourth-order valence-electron chi connectivity index (χ4n) is 3.97. The van der Waals surface area contributed by atoms with Crippen LogP contribution in [0, 0.1) is 5.21 Å². The number of hydrogen-bond acceptors (Lipinski definition) is 6. The molecule has 2 aromatic heterocycles. The normalized spacial score (nSPS) is 14.8. The number of hydrogen-bond donors (Lipinski definition) is 0. The van der Waals surface area contributed by atoms with Gasteiger partial charge in [-0.15, -0.1) is 0 Å². The molecule has 0 radical (unpaired) electrons. The molecule has 178 valence electrons. The number of rotatable bonds is 4. The van der Waals surface area contributed by atoms with Gasteiger partial charge >= 0.3 is 0 Å². The molecule has 0 spiro atoms. The van der Waals surface area contributed by atoms with Gasteiger partial charge in [0.2, 0.25) is 10.0 Å². The van der Waals surface area contributed by atoms with E-state index in [9.17, 15) is 18.4 Å². The standard InChI is InChI=1S/C24H20ClN5O4S/c25-20-3-1-19-14-21(4-2-18(19)13-20)35(33,34)30-11-9-28(10-12-30)24(31)23-16-26-22(15-27-23)17-5-7-29(32)8-6-17/h1-8,13-16H,9-12H2. The molecule has 0 unspecified atom stereocenters. The van der Waals surface area contributed by atoms with Crippen LogP contribution in [0.1, 0.15) is 10.5 Å². The summed E-state index contributed by atoms with van der Waals surface area (Å²) in [6.07, 6.45) is 5.58. The van der Waals surface area contributed by atoms with Crippen LogP contribution in [0.2, 0.25) is 5.02 Å². The minimum atomic E-state index is -3.71. The molecule has 2 aromatic carbocycles. The van der Waals surface area contributed by atoms with Crippen molar-refractivity contribution >= 4 is 38.3 Å². The Kier molecular flexibility index (Phi) is 6.10. The van der Waals surface area contributed by atoms with Crippen LogP contribution >= 0.6 is 11.6 Å². The maximum Gasteiger partial charge on any atom is 0.274 e. The molecule has 1 aliphatic rings.